The maximum absolute atomic E-state index is 10.8. The lowest BCUT2D eigenvalue weighted by Crippen LogP contribution is -2.15. The minimum Gasteiger partial charge on any atom is -0.369 e. The van der Waals surface area contributed by atoms with Gasteiger partial charge in [-0.2, -0.15) is 5.26 Å². The van der Waals surface area contributed by atoms with Gasteiger partial charge in [-0.3, -0.25) is 14.9 Å². The molecule has 0 unspecified atom stereocenters. The lowest BCUT2D eigenvalue weighted by atomic mass is 10.0. The zero-order chi connectivity index (χ0) is 12.3. The second kappa shape index (κ2) is 4.40. The first-order chi connectivity index (χ1) is 7.45. The molecule has 1 aromatic rings. The molecule has 0 aliphatic rings. The molecule has 0 aromatic heterocycles. The van der Waals surface area contributed by atoms with Gasteiger partial charge in [0.1, 0.15) is 0 Å². The van der Waals surface area contributed by atoms with Crippen molar-refractivity contribution in [1.29, 1.82) is 5.26 Å². The molecule has 0 aliphatic carbocycles. The third-order valence-electron chi connectivity index (χ3n) is 2.13. The van der Waals surface area contributed by atoms with E-state index in [1.165, 1.54) is 6.07 Å². The van der Waals surface area contributed by atoms with Gasteiger partial charge in [0, 0.05) is 11.6 Å². The van der Waals surface area contributed by atoms with Gasteiger partial charge in [0.15, 0.2) is 0 Å². The molecule has 0 saturated heterocycles. The molecule has 82 valence electrons. The smallest absolute Gasteiger partial charge is 0.274 e. The number of nitriles is 1. The SMILES string of the molecule is Cc1cc(C#N)cc([N+](=O)[O-])c1CC(N)=O. The first-order valence-electron chi connectivity index (χ1n) is 4.42. The summed E-state index contributed by atoms with van der Waals surface area (Å²) in [6.45, 7) is 1.60. The molecule has 2 N–H and O–H groups in total. The molecule has 16 heavy (non-hydrogen) atoms. The van der Waals surface area contributed by atoms with Crippen molar-refractivity contribution in [2.75, 3.05) is 0 Å². The maximum Gasteiger partial charge on any atom is 0.274 e. The van der Waals surface area contributed by atoms with Crippen LogP contribution in [-0.4, -0.2) is 10.8 Å². The Morgan fingerprint density at radius 3 is 2.69 bits per heavy atom. The number of aryl methyl sites for hydroxylation is 1. The van der Waals surface area contributed by atoms with Crippen molar-refractivity contribution in [3.8, 4) is 6.07 Å². The van der Waals surface area contributed by atoms with Gasteiger partial charge in [-0.05, 0) is 18.6 Å². The van der Waals surface area contributed by atoms with E-state index in [2.05, 4.69) is 0 Å². The quantitative estimate of drug-likeness (QED) is 0.598. The van der Waals surface area contributed by atoms with Crippen molar-refractivity contribution in [3.05, 3.63) is 38.9 Å². The molecule has 1 rings (SSSR count). The van der Waals surface area contributed by atoms with Crippen molar-refractivity contribution in [2.24, 2.45) is 5.73 Å². The second-order valence-corrected chi connectivity index (χ2v) is 3.30. The number of hydrogen-bond acceptors (Lipinski definition) is 4. The number of nitrogens with zero attached hydrogens (tertiary/aromatic N) is 2. The molecule has 0 bridgehead atoms. The highest BCUT2D eigenvalue weighted by atomic mass is 16.6. The fourth-order valence-corrected chi connectivity index (χ4v) is 1.43. The Labute approximate surface area is 91.4 Å². The summed E-state index contributed by atoms with van der Waals surface area (Å²) in [6, 6.07) is 4.46. The normalized spacial score (nSPS) is 9.50. The molecular formula is C10H9N3O3. The van der Waals surface area contributed by atoms with Crippen molar-refractivity contribution in [3.63, 3.8) is 0 Å². The number of nitrogens with two attached hydrogens (primary N) is 1. The molecule has 6 nitrogen and oxygen atoms in total. The molecule has 6 heteroatoms. The summed E-state index contributed by atoms with van der Waals surface area (Å²) in [5.41, 5.74) is 5.74. The van der Waals surface area contributed by atoms with E-state index in [1.807, 2.05) is 6.07 Å². The summed E-state index contributed by atoms with van der Waals surface area (Å²) < 4.78 is 0. The van der Waals surface area contributed by atoms with Crippen LogP contribution in [0.1, 0.15) is 16.7 Å². The van der Waals surface area contributed by atoms with E-state index in [1.54, 1.807) is 6.92 Å². The van der Waals surface area contributed by atoms with Crippen LogP contribution >= 0.6 is 0 Å². The van der Waals surface area contributed by atoms with Crippen LogP contribution in [0, 0.1) is 28.4 Å². The van der Waals surface area contributed by atoms with Gasteiger partial charge in [0.2, 0.25) is 5.91 Å². The van der Waals surface area contributed by atoms with Crippen LogP contribution < -0.4 is 5.73 Å². The van der Waals surface area contributed by atoms with Crippen LogP contribution in [0.3, 0.4) is 0 Å². The highest BCUT2D eigenvalue weighted by molar-refractivity contribution is 5.78. The Morgan fingerprint density at radius 2 is 2.25 bits per heavy atom. The largest absolute Gasteiger partial charge is 0.369 e. The molecular weight excluding hydrogens is 210 g/mol. The number of nitro groups is 1. The first-order valence-corrected chi connectivity index (χ1v) is 4.42. The summed E-state index contributed by atoms with van der Waals surface area (Å²) in [5.74, 6) is -0.643. The Bertz CT molecular complexity index is 503. The molecule has 1 aromatic carbocycles. The average Bonchev–Trinajstić information content (AvgIpc) is 2.19. The number of carbonyl (C=O) groups is 1. The molecule has 1 amide bonds. The standard InChI is InChI=1S/C10H9N3O3/c1-6-2-7(5-11)3-9(13(15)16)8(6)4-10(12)14/h2-3H,4H2,1H3,(H2,12,14). The van der Waals surface area contributed by atoms with E-state index in [-0.39, 0.29) is 23.2 Å². The minimum atomic E-state index is -0.643. The molecule has 0 spiro atoms. The maximum atomic E-state index is 10.8. The van der Waals surface area contributed by atoms with Gasteiger partial charge in [0.05, 0.1) is 23.0 Å². The van der Waals surface area contributed by atoms with Crippen LogP contribution in [0.4, 0.5) is 5.69 Å². The van der Waals surface area contributed by atoms with Gasteiger partial charge in [-0.15, -0.1) is 0 Å². The number of hydrogen-bond donors (Lipinski definition) is 1. The molecule has 0 radical (unpaired) electrons. The topological polar surface area (TPSA) is 110 Å². The molecule has 0 saturated carbocycles. The lowest BCUT2D eigenvalue weighted by molar-refractivity contribution is -0.385. The van der Waals surface area contributed by atoms with Crippen LogP contribution in [0.15, 0.2) is 12.1 Å². The van der Waals surface area contributed by atoms with Gasteiger partial charge >= 0.3 is 0 Å². The van der Waals surface area contributed by atoms with Gasteiger partial charge in [0.25, 0.3) is 5.69 Å². The fourth-order valence-electron chi connectivity index (χ4n) is 1.43. The van der Waals surface area contributed by atoms with Crippen molar-refractivity contribution in [1.82, 2.24) is 0 Å². The van der Waals surface area contributed by atoms with Gasteiger partial charge in [-0.25, -0.2) is 0 Å². The Hall–Kier alpha value is -2.42. The highest BCUT2D eigenvalue weighted by Gasteiger charge is 2.19. The number of benzene rings is 1. The number of carbonyl (C=O) groups excluding carboxylic acids is 1. The molecule has 0 atom stereocenters. The third kappa shape index (κ3) is 2.33. The summed E-state index contributed by atoms with van der Waals surface area (Å²) in [5, 5.41) is 19.4. The van der Waals surface area contributed by atoms with Crippen LogP contribution in [0.25, 0.3) is 0 Å². The third-order valence-corrected chi connectivity index (χ3v) is 2.13. The van der Waals surface area contributed by atoms with Crippen molar-refractivity contribution in [2.45, 2.75) is 13.3 Å². The van der Waals surface area contributed by atoms with E-state index < -0.39 is 10.8 Å². The van der Waals surface area contributed by atoms with Gasteiger partial charge < -0.3 is 5.73 Å². The van der Waals surface area contributed by atoms with E-state index in [9.17, 15) is 14.9 Å². The number of nitro benzene ring substituents is 1. The monoisotopic (exact) mass is 219 g/mol. The summed E-state index contributed by atoms with van der Waals surface area (Å²) >= 11 is 0. The summed E-state index contributed by atoms with van der Waals surface area (Å²) in [7, 11) is 0. The van der Waals surface area contributed by atoms with E-state index in [0.29, 0.717) is 5.56 Å². The number of primary amides is 1. The van der Waals surface area contributed by atoms with Crippen LogP contribution in [-0.2, 0) is 11.2 Å². The number of amides is 1. The van der Waals surface area contributed by atoms with Gasteiger partial charge in [-0.1, -0.05) is 0 Å². The number of rotatable bonds is 3. The lowest BCUT2D eigenvalue weighted by Gasteiger charge is -2.05. The van der Waals surface area contributed by atoms with E-state index in [4.69, 9.17) is 11.0 Å². The predicted octanol–water partition coefficient (Wildman–Crippen LogP) is 0.803. The summed E-state index contributed by atoms with van der Waals surface area (Å²) in [6.07, 6.45) is -0.201. The molecule has 0 fully saturated rings. The Balaban J connectivity index is 3.41. The minimum absolute atomic E-state index is 0.192. The predicted molar refractivity (Wildman–Crippen MR) is 55.4 cm³/mol. The zero-order valence-corrected chi connectivity index (χ0v) is 8.56. The first kappa shape index (κ1) is 11.7. The molecule has 0 aliphatic heterocycles. The Kier molecular flexibility index (Phi) is 3.20. The summed E-state index contributed by atoms with van der Waals surface area (Å²) in [4.78, 5) is 20.9. The zero-order valence-electron chi connectivity index (χ0n) is 8.56. The average molecular weight is 219 g/mol. The van der Waals surface area contributed by atoms with Crippen molar-refractivity contribution >= 4 is 11.6 Å². The highest BCUT2D eigenvalue weighted by Crippen LogP contribution is 2.24. The van der Waals surface area contributed by atoms with Crippen LogP contribution in [0.5, 0.6) is 0 Å². The fraction of sp³-hybridized carbons (Fsp3) is 0.200. The Morgan fingerprint density at radius 1 is 1.62 bits per heavy atom. The van der Waals surface area contributed by atoms with E-state index in [0.717, 1.165) is 6.07 Å². The molecule has 0 heterocycles. The van der Waals surface area contributed by atoms with Crippen molar-refractivity contribution < 1.29 is 9.72 Å². The second-order valence-electron chi connectivity index (χ2n) is 3.30. The van der Waals surface area contributed by atoms with E-state index >= 15 is 0 Å². The van der Waals surface area contributed by atoms with Crippen LogP contribution in [0.2, 0.25) is 0 Å².